The highest BCUT2D eigenvalue weighted by molar-refractivity contribution is 6.23. The highest BCUT2D eigenvalue weighted by Crippen LogP contribution is 2.25. The second kappa shape index (κ2) is 4.99. The largest absolute Gasteiger partial charge is 0.493 e. The summed E-state index contributed by atoms with van der Waals surface area (Å²) >= 11 is 0. The van der Waals surface area contributed by atoms with Gasteiger partial charge in [0.1, 0.15) is 5.75 Å². The smallest absolute Gasteiger partial charge is 0.286 e. The fourth-order valence-corrected chi connectivity index (χ4v) is 1.95. The van der Waals surface area contributed by atoms with Gasteiger partial charge in [-0.05, 0) is 30.0 Å². The van der Waals surface area contributed by atoms with E-state index in [1.165, 1.54) is 10.5 Å². The molecule has 0 unspecified atom stereocenters. The number of rotatable bonds is 3. The van der Waals surface area contributed by atoms with Gasteiger partial charge >= 0.3 is 0 Å². The second-order valence-electron chi connectivity index (χ2n) is 4.21. The van der Waals surface area contributed by atoms with E-state index in [0.717, 1.165) is 30.8 Å². The first kappa shape index (κ1) is 11.6. The van der Waals surface area contributed by atoms with E-state index in [1.54, 1.807) is 7.05 Å². The highest BCUT2D eigenvalue weighted by Gasteiger charge is 2.12. The van der Waals surface area contributed by atoms with Crippen LogP contribution in [0.3, 0.4) is 0 Å². The number of ether oxygens (including phenoxy) is 1. The number of aldehydes is 1. The molecule has 0 aromatic heterocycles. The molecule has 0 N–H and O–H groups in total. The minimum atomic E-state index is -0.501. The maximum Gasteiger partial charge on any atom is 0.286 e. The molecule has 4 nitrogen and oxygen atoms in total. The van der Waals surface area contributed by atoms with E-state index in [4.69, 9.17) is 4.74 Å². The van der Waals surface area contributed by atoms with Crippen molar-refractivity contribution in [3.8, 4) is 5.75 Å². The van der Waals surface area contributed by atoms with Crippen LogP contribution in [0.15, 0.2) is 18.2 Å². The summed E-state index contributed by atoms with van der Waals surface area (Å²) in [6.07, 6.45) is 2.37. The predicted molar refractivity (Wildman–Crippen MR) is 62.8 cm³/mol. The Hall–Kier alpha value is -1.84. The molecule has 1 aromatic carbocycles. The third-order valence-electron chi connectivity index (χ3n) is 2.87. The van der Waals surface area contributed by atoms with Crippen LogP contribution in [-0.2, 0) is 22.6 Å². The van der Waals surface area contributed by atoms with Crippen molar-refractivity contribution in [2.24, 2.45) is 0 Å². The van der Waals surface area contributed by atoms with E-state index < -0.39 is 5.91 Å². The maximum absolute atomic E-state index is 11.1. The molecular formula is C13H15NO3. The van der Waals surface area contributed by atoms with Crippen molar-refractivity contribution in [1.29, 1.82) is 0 Å². The molecule has 0 saturated heterocycles. The average Bonchev–Trinajstić information content (AvgIpc) is 2.37. The summed E-state index contributed by atoms with van der Waals surface area (Å²) in [5, 5.41) is 0. The monoisotopic (exact) mass is 233 g/mol. The zero-order valence-corrected chi connectivity index (χ0v) is 9.81. The topological polar surface area (TPSA) is 46.6 Å². The molecule has 1 aromatic rings. The Balaban J connectivity index is 2.12. The zero-order chi connectivity index (χ0) is 12.3. The minimum Gasteiger partial charge on any atom is -0.493 e. The number of likely N-dealkylation sites (N-methyl/N-ethyl adjacent to an activating group) is 1. The van der Waals surface area contributed by atoms with Gasteiger partial charge in [0, 0.05) is 13.6 Å². The lowest BCUT2D eigenvalue weighted by Gasteiger charge is -2.19. The van der Waals surface area contributed by atoms with Gasteiger partial charge in [-0.2, -0.15) is 0 Å². The Labute approximate surface area is 100 Å². The summed E-state index contributed by atoms with van der Waals surface area (Å²) in [5.41, 5.74) is 2.20. The Bertz CT molecular complexity index is 442. The molecule has 1 aliphatic heterocycles. The van der Waals surface area contributed by atoms with Crippen molar-refractivity contribution in [1.82, 2.24) is 4.90 Å². The maximum atomic E-state index is 11.1. The quantitative estimate of drug-likeness (QED) is 0.581. The summed E-state index contributed by atoms with van der Waals surface area (Å²) in [6.45, 7) is 1.22. The summed E-state index contributed by atoms with van der Waals surface area (Å²) in [6, 6.07) is 5.91. The molecule has 1 amide bonds. The zero-order valence-electron chi connectivity index (χ0n) is 9.81. The number of hydrogen-bond acceptors (Lipinski definition) is 3. The number of fused-ring (bicyclic) bond motifs is 1. The van der Waals surface area contributed by atoms with Crippen LogP contribution in [0.1, 0.15) is 17.5 Å². The molecule has 0 bridgehead atoms. The van der Waals surface area contributed by atoms with Gasteiger partial charge in [0.25, 0.3) is 5.91 Å². The molecule has 0 fully saturated rings. The highest BCUT2D eigenvalue weighted by atomic mass is 16.5. The molecule has 2 rings (SSSR count). The van der Waals surface area contributed by atoms with E-state index in [-0.39, 0.29) is 0 Å². The lowest BCUT2D eigenvalue weighted by Crippen LogP contribution is -2.26. The second-order valence-corrected chi connectivity index (χ2v) is 4.21. The van der Waals surface area contributed by atoms with E-state index in [1.807, 2.05) is 18.2 Å². The third kappa shape index (κ3) is 2.64. The normalized spacial score (nSPS) is 13.5. The van der Waals surface area contributed by atoms with Crippen molar-refractivity contribution in [3.05, 3.63) is 29.3 Å². The fourth-order valence-electron chi connectivity index (χ4n) is 1.95. The molecule has 0 saturated carbocycles. The Morgan fingerprint density at radius 3 is 3.12 bits per heavy atom. The fraction of sp³-hybridized carbons (Fsp3) is 0.385. The number of nitrogens with zero attached hydrogens (tertiary/aromatic N) is 1. The van der Waals surface area contributed by atoms with Crippen LogP contribution in [0.5, 0.6) is 5.75 Å². The summed E-state index contributed by atoms with van der Waals surface area (Å²) in [7, 11) is 1.62. The predicted octanol–water partition coefficient (Wildman–Crippen LogP) is 1.17. The Morgan fingerprint density at radius 2 is 2.35 bits per heavy atom. The third-order valence-corrected chi connectivity index (χ3v) is 2.87. The number of carbonyl (C=O) groups is 2. The summed E-state index contributed by atoms with van der Waals surface area (Å²) < 4.78 is 5.52. The first-order chi connectivity index (χ1) is 8.20. The van der Waals surface area contributed by atoms with Crippen molar-refractivity contribution in [3.63, 3.8) is 0 Å². The summed E-state index contributed by atoms with van der Waals surface area (Å²) in [5.74, 6) is 0.434. The van der Waals surface area contributed by atoms with Crippen LogP contribution < -0.4 is 4.74 Å². The van der Waals surface area contributed by atoms with Crippen LogP contribution in [0.25, 0.3) is 0 Å². The van der Waals surface area contributed by atoms with Gasteiger partial charge in [-0.15, -0.1) is 0 Å². The van der Waals surface area contributed by atoms with Gasteiger partial charge in [-0.3, -0.25) is 9.59 Å². The number of aryl methyl sites for hydroxylation is 1. The molecule has 0 aliphatic carbocycles. The molecule has 0 radical (unpaired) electrons. The average molecular weight is 233 g/mol. The first-order valence-electron chi connectivity index (χ1n) is 5.65. The van der Waals surface area contributed by atoms with Crippen molar-refractivity contribution in [2.75, 3.05) is 13.7 Å². The Morgan fingerprint density at radius 1 is 1.53 bits per heavy atom. The molecule has 4 heteroatoms. The molecule has 17 heavy (non-hydrogen) atoms. The summed E-state index contributed by atoms with van der Waals surface area (Å²) in [4.78, 5) is 22.9. The molecule has 1 heterocycles. The number of carbonyl (C=O) groups excluding carboxylic acids is 2. The van der Waals surface area contributed by atoms with Gasteiger partial charge < -0.3 is 9.64 Å². The molecule has 1 aliphatic rings. The van der Waals surface area contributed by atoms with Gasteiger partial charge in [-0.1, -0.05) is 12.1 Å². The molecule has 0 atom stereocenters. The van der Waals surface area contributed by atoms with E-state index in [9.17, 15) is 9.59 Å². The number of hydrogen-bond donors (Lipinski definition) is 0. The van der Waals surface area contributed by atoms with Crippen LogP contribution in [0, 0.1) is 0 Å². The lowest BCUT2D eigenvalue weighted by atomic mass is 10.0. The lowest BCUT2D eigenvalue weighted by molar-refractivity contribution is -0.138. The standard InChI is InChI=1S/C13H15NO3/c1-14(13(16)9-15)8-10-4-5-12-11(7-10)3-2-6-17-12/h4-5,7,9H,2-3,6,8H2,1H3. The first-order valence-corrected chi connectivity index (χ1v) is 5.65. The number of amides is 1. The minimum absolute atomic E-state index is 0.335. The van der Waals surface area contributed by atoms with Gasteiger partial charge in [0.2, 0.25) is 6.29 Å². The van der Waals surface area contributed by atoms with Crippen LogP contribution in [-0.4, -0.2) is 30.7 Å². The van der Waals surface area contributed by atoms with Crippen LogP contribution in [0.2, 0.25) is 0 Å². The molecule has 90 valence electrons. The van der Waals surface area contributed by atoms with Gasteiger partial charge in [0.15, 0.2) is 0 Å². The number of benzene rings is 1. The SMILES string of the molecule is CN(Cc1ccc2c(c1)CCCO2)C(=O)C=O. The molecular weight excluding hydrogens is 218 g/mol. The van der Waals surface area contributed by atoms with E-state index in [2.05, 4.69) is 0 Å². The van der Waals surface area contributed by atoms with Crippen molar-refractivity contribution in [2.45, 2.75) is 19.4 Å². The molecule has 0 spiro atoms. The van der Waals surface area contributed by atoms with E-state index >= 15 is 0 Å². The van der Waals surface area contributed by atoms with Crippen LogP contribution >= 0.6 is 0 Å². The van der Waals surface area contributed by atoms with Crippen LogP contribution in [0.4, 0.5) is 0 Å². The Kier molecular flexibility index (Phi) is 3.42. The van der Waals surface area contributed by atoms with Crippen molar-refractivity contribution < 1.29 is 14.3 Å². The van der Waals surface area contributed by atoms with Crippen molar-refractivity contribution >= 4 is 12.2 Å². The van der Waals surface area contributed by atoms with Gasteiger partial charge in [0.05, 0.1) is 6.61 Å². The van der Waals surface area contributed by atoms with E-state index in [0.29, 0.717) is 12.8 Å². The van der Waals surface area contributed by atoms with Gasteiger partial charge in [-0.25, -0.2) is 0 Å².